The lowest BCUT2D eigenvalue weighted by molar-refractivity contribution is -0.118. The normalized spacial score (nSPS) is 16.5. The van der Waals surface area contributed by atoms with Crippen LogP contribution in [0.5, 0.6) is 0 Å². The maximum absolute atomic E-state index is 12.4. The molecule has 148 valence electrons. The van der Waals surface area contributed by atoms with E-state index >= 15 is 0 Å². The number of amides is 1. The minimum Gasteiger partial charge on any atom is -0.350 e. The van der Waals surface area contributed by atoms with Crippen molar-refractivity contribution in [1.29, 1.82) is 0 Å². The van der Waals surface area contributed by atoms with Crippen LogP contribution in [0.15, 0.2) is 22.5 Å². The first-order valence-electron chi connectivity index (χ1n) is 9.75. The third-order valence-electron chi connectivity index (χ3n) is 5.04. The predicted molar refractivity (Wildman–Crippen MR) is 120 cm³/mol. The number of nitrogens with one attached hydrogen (secondary N) is 1. The maximum Gasteiger partial charge on any atom is 0.230 e. The number of rotatable bonds is 6. The number of hydrogen-bond donors (Lipinski definition) is 1. The lowest BCUT2D eigenvalue weighted by Gasteiger charge is -2.18. The second kappa shape index (κ2) is 8.51. The highest BCUT2D eigenvalue weighted by Crippen LogP contribution is 2.41. The second-order valence-electron chi connectivity index (χ2n) is 7.72. The molecule has 4 nitrogen and oxygen atoms in total. The minimum atomic E-state index is 0.0500. The van der Waals surface area contributed by atoms with Gasteiger partial charge in [-0.2, -0.15) is 0 Å². The molecule has 1 aliphatic carbocycles. The number of carbonyl (C=O) groups excluding carboxylic acids is 1. The standard InChI is InChI=1S/C21H25N3OS3/c1-12(2)19-23-20(27-11-17(25)22-10-14-5-4-8-26-14)18-15-7-6-13(3)9-16(15)28-21(18)24-19/h4-5,8,12-13H,6-7,9-11H2,1-3H3,(H,22,25)/t13-/m0/s1. The van der Waals surface area contributed by atoms with Gasteiger partial charge in [0.15, 0.2) is 0 Å². The summed E-state index contributed by atoms with van der Waals surface area (Å²) in [7, 11) is 0. The molecule has 3 aromatic heterocycles. The van der Waals surface area contributed by atoms with Crippen molar-refractivity contribution in [2.75, 3.05) is 5.75 Å². The van der Waals surface area contributed by atoms with E-state index in [0.29, 0.717) is 12.3 Å². The molecule has 0 radical (unpaired) electrons. The van der Waals surface area contributed by atoms with Crippen LogP contribution in [-0.2, 0) is 24.2 Å². The van der Waals surface area contributed by atoms with Gasteiger partial charge in [0.05, 0.1) is 12.3 Å². The quantitative estimate of drug-likeness (QED) is 0.419. The average Bonchev–Trinajstić information content (AvgIpc) is 3.30. The Labute approximate surface area is 178 Å². The van der Waals surface area contributed by atoms with Gasteiger partial charge in [-0.1, -0.05) is 38.6 Å². The van der Waals surface area contributed by atoms with Gasteiger partial charge in [-0.05, 0) is 42.2 Å². The molecular formula is C21H25N3OS3. The van der Waals surface area contributed by atoms with Crippen LogP contribution in [0.4, 0.5) is 0 Å². The molecule has 0 fully saturated rings. The van der Waals surface area contributed by atoms with E-state index in [4.69, 9.17) is 9.97 Å². The number of aromatic nitrogens is 2. The first kappa shape index (κ1) is 19.9. The van der Waals surface area contributed by atoms with Gasteiger partial charge >= 0.3 is 0 Å². The summed E-state index contributed by atoms with van der Waals surface area (Å²) in [5.41, 5.74) is 1.43. The highest BCUT2D eigenvalue weighted by atomic mass is 32.2. The zero-order valence-corrected chi connectivity index (χ0v) is 18.9. The fraction of sp³-hybridized carbons (Fsp3) is 0.476. The highest BCUT2D eigenvalue weighted by molar-refractivity contribution is 8.00. The fourth-order valence-electron chi connectivity index (χ4n) is 3.47. The zero-order chi connectivity index (χ0) is 19.7. The van der Waals surface area contributed by atoms with Crippen molar-refractivity contribution in [2.24, 2.45) is 5.92 Å². The summed E-state index contributed by atoms with van der Waals surface area (Å²) in [6.45, 7) is 7.17. The lowest BCUT2D eigenvalue weighted by Crippen LogP contribution is -2.24. The molecule has 0 saturated heterocycles. The first-order chi connectivity index (χ1) is 13.5. The van der Waals surface area contributed by atoms with Crippen LogP contribution in [0.2, 0.25) is 0 Å². The van der Waals surface area contributed by atoms with E-state index in [9.17, 15) is 4.79 Å². The summed E-state index contributed by atoms with van der Waals surface area (Å²) < 4.78 is 0. The number of nitrogens with zero attached hydrogens (tertiary/aromatic N) is 2. The van der Waals surface area contributed by atoms with Crippen LogP contribution >= 0.6 is 34.4 Å². The Kier molecular flexibility index (Phi) is 6.04. The van der Waals surface area contributed by atoms with Crippen LogP contribution in [0.1, 0.15) is 54.3 Å². The van der Waals surface area contributed by atoms with Crippen LogP contribution < -0.4 is 5.32 Å². The van der Waals surface area contributed by atoms with Gasteiger partial charge in [0, 0.05) is 21.1 Å². The van der Waals surface area contributed by atoms with Crippen LogP contribution in [0, 0.1) is 5.92 Å². The summed E-state index contributed by atoms with van der Waals surface area (Å²) >= 11 is 5.04. The largest absolute Gasteiger partial charge is 0.350 e. The van der Waals surface area contributed by atoms with Crippen molar-refractivity contribution in [1.82, 2.24) is 15.3 Å². The number of thiophene rings is 2. The molecule has 0 bridgehead atoms. The Hall–Kier alpha value is -1.44. The van der Waals surface area contributed by atoms with Gasteiger partial charge in [0.2, 0.25) is 5.91 Å². The van der Waals surface area contributed by atoms with E-state index < -0.39 is 0 Å². The van der Waals surface area contributed by atoms with Gasteiger partial charge in [-0.15, -0.1) is 22.7 Å². The van der Waals surface area contributed by atoms with E-state index in [1.54, 1.807) is 23.1 Å². The highest BCUT2D eigenvalue weighted by Gasteiger charge is 2.24. The molecule has 0 aliphatic heterocycles. The predicted octanol–water partition coefficient (Wildman–Crippen LogP) is 5.41. The Morgan fingerprint density at radius 2 is 2.25 bits per heavy atom. The van der Waals surface area contributed by atoms with Crippen molar-refractivity contribution >= 4 is 50.6 Å². The first-order valence-corrected chi connectivity index (χ1v) is 12.4. The Morgan fingerprint density at radius 3 is 3.00 bits per heavy atom. The van der Waals surface area contributed by atoms with Gasteiger partial charge in [0.25, 0.3) is 0 Å². The van der Waals surface area contributed by atoms with Crippen LogP contribution in [-0.4, -0.2) is 21.6 Å². The van der Waals surface area contributed by atoms with Crippen molar-refractivity contribution < 1.29 is 4.79 Å². The summed E-state index contributed by atoms with van der Waals surface area (Å²) in [5, 5.41) is 7.22. The number of fused-ring (bicyclic) bond motifs is 3. The number of carbonyl (C=O) groups is 1. The molecule has 0 saturated carbocycles. The monoisotopic (exact) mass is 431 g/mol. The van der Waals surface area contributed by atoms with Crippen molar-refractivity contribution in [2.45, 2.75) is 57.5 Å². The van der Waals surface area contributed by atoms with Crippen molar-refractivity contribution in [3.05, 3.63) is 38.7 Å². The Balaban J connectivity index is 1.57. The molecule has 3 heterocycles. The molecule has 1 atom stereocenters. The fourth-order valence-corrected chi connectivity index (χ4v) is 6.46. The molecule has 3 aromatic rings. The van der Waals surface area contributed by atoms with E-state index in [1.807, 2.05) is 28.8 Å². The molecule has 28 heavy (non-hydrogen) atoms. The molecule has 0 aromatic carbocycles. The number of hydrogen-bond acceptors (Lipinski definition) is 6. The van der Waals surface area contributed by atoms with Gasteiger partial charge in [0.1, 0.15) is 15.7 Å². The van der Waals surface area contributed by atoms with Crippen LogP contribution in [0.25, 0.3) is 10.2 Å². The summed E-state index contributed by atoms with van der Waals surface area (Å²) in [6, 6.07) is 4.05. The molecule has 4 rings (SSSR count). The van der Waals surface area contributed by atoms with Gasteiger partial charge < -0.3 is 5.32 Å². The Bertz CT molecular complexity index is 979. The van der Waals surface area contributed by atoms with Crippen molar-refractivity contribution in [3.8, 4) is 0 Å². The smallest absolute Gasteiger partial charge is 0.230 e. The lowest BCUT2D eigenvalue weighted by atomic mass is 9.89. The molecule has 1 N–H and O–H groups in total. The minimum absolute atomic E-state index is 0.0500. The summed E-state index contributed by atoms with van der Waals surface area (Å²) in [4.78, 5) is 25.8. The summed E-state index contributed by atoms with van der Waals surface area (Å²) in [5.74, 6) is 2.32. The second-order valence-corrected chi connectivity index (χ2v) is 10.8. The molecule has 7 heteroatoms. The number of thioether (sulfide) groups is 1. The zero-order valence-electron chi connectivity index (χ0n) is 16.4. The third-order valence-corrected chi connectivity index (χ3v) is 8.04. The molecular weight excluding hydrogens is 406 g/mol. The third kappa shape index (κ3) is 4.26. The topological polar surface area (TPSA) is 54.9 Å². The van der Waals surface area contributed by atoms with Crippen molar-refractivity contribution in [3.63, 3.8) is 0 Å². The molecule has 1 amide bonds. The molecule has 0 spiro atoms. The molecule has 1 aliphatic rings. The molecule has 0 unspecified atom stereocenters. The average molecular weight is 432 g/mol. The van der Waals surface area contributed by atoms with E-state index in [1.165, 1.54) is 27.1 Å². The Morgan fingerprint density at radius 1 is 1.39 bits per heavy atom. The van der Waals surface area contributed by atoms with Gasteiger partial charge in [-0.3, -0.25) is 4.79 Å². The van der Waals surface area contributed by atoms with E-state index in [-0.39, 0.29) is 11.8 Å². The van der Waals surface area contributed by atoms with E-state index in [2.05, 4.69) is 26.1 Å². The van der Waals surface area contributed by atoms with Gasteiger partial charge in [-0.25, -0.2) is 9.97 Å². The maximum atomic E-state index is 12.4. The van der Waals surface area contributed by atoms with Crippen LogP contribution in [0.3, 0.4) is 0 Å². The SMILES string of the molecule is CC(C)c1nc(SCC(=O)NCc2cccs2)c2c3c(sc2n1)C[C@@H](C)CC3. The van der Waals surface area contributed by atoms with E-state index in [0.717, 1.165) is 34.4 Å². The number of aryl methyl sites for hydroxylation is 1. The summed E-state index contributed by atoms with van der Waals surface area (Å²) in [6.07, 6.45) is 3.45.